The number of nitrogens with zero attached hydrogens (tertiary/aromatic N) is 3. The van der Waals surface area contributed by atoms with Crippen LogP contribution in [0.1, 0.15) is 32.3 Å². The zero-order valence-corrected chi connectivity index (χ0v) is 17.6. The third-order valence-electron chi connectivity index (χ3n) is 4.54. The smallest absolute Gasteiger partial charge is 0.328 e. The lowest BCUT2D eigenvalue weighted by atomic mass is 10.0. The summed E-state index contributed by atoms with van der Waals surface area (Å²) in [5, 5.41) is 19.1. The largest absolute Gasteiger partial charge is 0.478 e. The minimum Gasteiger partial charge on any atom is -0.478 e. The molecule has 0 saturated carbocycles. The van der Waals surface area contributed by atoms with E-state index in [0.29, 0.717) is 24.1 Å². The van der Waals surface area contributed by atoms with Crippen LogP contribution in [0.3, 0.4) is 0 Å². The molecule has 1 aromatic carbocycles. The van der Waals surface area contributed by atoms with E-state index in [4.69, 9.17) is 10.2 Å². The van der Waals surface area contributed by atoms with Crippen LogP contribution >= 0.6 is 11.7 Å². The van der Waals surface area contributed by atoms with Crippen molar-refractivity contribution < 1.29 is 19.8 Å². The van der Waals surface area contributed by atoms with Crippen molar-refractivity contribution in [3.05, 3.63) is 35.9 Å². The summed E-state index contributed by atoms with van der Waals surface area (Å²) in [6.07, 6.45) is 3.61. The number of carboxylic acids is 2. The standard InChI is InChI=1S/C16H24N4S.C4H4O4/c1-12(2)10-20(14-6-8-17-9-7-14)11-13-4-3-5-15-16(13)19-21-18-15;5-3(6)1-2-4(7)8/h3-5,12,14,17H,6-11H2,1-2H3;1-2H,(H,5,6)(H,7,8). The lowest BCUT2D eigenvalue weighted by molar-refractivity contribution is -0.134. The number of carbonyl (C=O) groups is 2. The van der Waals surface area contributed by atoms with Gasteiger partial charge in [0.15, 0.2) is 0 Å². The maximum atomic E-state index is 9.55. The van der Waals surface area contributed by atoms with Gasteiger partial charge in [0.05, 0.1) is 11.7 Å². The summed E-state index contributed by atoms with van der Waals surface area (Å²) in [5.74, 6) is -1.83. The fraction of sp³-hybridized carbons (Fsp3) is 0.500. The van der Waals surface area contributed by atoms with Crippen LogP contribution in [0.2, 0.25) is 0 Å². The highest BCUT2D eigenvalue weighted by molar-refractivity contribution is 7.00. The zero-order valence-electron chi connectivity index (χ0n) is 16.7. The number of aliphatic carboxylic acids is 2. The highest BCUT2D eigenvalue weighted by Gasteiger charge is 2.22. The molecule has 1 fully saturated rings. The summed E-state index contributed by atoms with van der Waals surface area (Å²) in [6, 6.07) is 7.06. The summed E-state index contributed by atoms with van der Waals surface area (Å²) in [4.78, 5) is 21.8. The summed E-state index contributed by atoms with van der Waals surface area (Å²) < 4.78 is 8.85. The average molecular weight is 421 g/mol. The minimum absolute atomic E-state index is 0.558. The maximum Gasteiger partial charge on any atom is 0.328 e. The highest BCUT2D eigenvalue weighted by atomic mass is 32.1. The summed E-state index contributed by atoms with van der Waals surface area (Å²) in [5.41, 5.74) is 3.44. The van der Waals surface area contributed by atoms with Gasteiger partial charge < -0.3 is 15.5 Å². The van der Waals surface area contributed by atoms with Crippen LogP contribution in [-0.2, 0) is 16.1 Å². The van der Waals surface area contributed by atoms with E-state index in [9.17, 15) is 9.59 Å². The van der Waals surface area contributed by atoms with Crippen molar-refractivity contribution in [3.63, 3.8) is 0 Å². The molecule has 1 saturated heterocycles. The van der Waals surface area contributed by atoms with Crippen molar-refractivity contribution in [1.29, 1.82) is 0 Å². The lowest BCUT2D eigenvalue weighted by Crippen LogP contribution is -2.44. The summed E-state index contributed by atoms with van der Waals surface area (Å²) in [6.45, 7) is 9.03. The number of hydrogen-bond donors (Lipinski definition) is 3. The molecule has 2 aromatic rings. The molecule has 1 aliphatic heterocycles. The zero-order chi connectivity index (χ0) is 21.2. The van der Waals surface area contributed by atoms with E-state index in [1.165, 1.54) is 30.1 Å². The SMILES string of the molecule is CC(C)CN(Cc1cccc2nsnc12)C1CCNCC1.O=C(O)C=CC(=O)O. The van der Waals surface area contributed by atoms with Crippen LogP contribution in [0, 0.1) is 5.92 Å². The van der Waals surface area contributed by atoms with Gasteiger partial charge in [-0.1, -0.05) is 26.0 Å². The molecule has 0 radical (unpaired) electrons. The number of carboxylic acid groups (broad SMARTS) is 2. The Kier molecular flexibility index (Phi) is 9.17. The van der Waals surface area contributed by atoms with Crippen LogP contribution in [-0.4, -0.2) is 61.5 Å². The van der Waals surface area contributed by atoms with E-state index < -0.39 is 11.9 Å². The van der Waals surface area contributed by atoms with Crippen LogP contribution in [0.15, 0.2) is 30.4 Å². The van der Waals surface area contributed by atoms with Gasteiger partial charge in [0.2, 0.25) is 0 Å². The number of benzene rings is 1. The first-order valence-corrected chi connectivity index (χ1v) is 10.4. The molecule has 0 aliphatic carbocycles. The van der Waals surface area contributed by atoms with E-state index in [1.54, 1.807) is 0 Å². The molecule has 0 atom stereocenters. The Morgan fingerprint density at radius 2 is 1.86 bits per heavy atom. The number of piperidine rings is 1. The lowest BCUT2D eigenvalue weighted by Gasteiger charge is -2.35. The minimum atomic E-state index is -1.26. The topological polar surface area (TPSA) is 116 Å². The number of rotatable bonds is 7. The molecule has 0 unspecified atom stereocenters. The molecule has 1 aliphatic rings. The molecule has 3 N–H and O–H groups in total. The third kappa shape index (κ3) is 7.88. The molecule has 158 valence electrons. The number of nitrogens with one attached hydrogen (secondary N) is 1. The van der Waals surface area contributed by atoms with Gasteiger partial charge in [-0.3, -0.25) is 4.90 Å². The Balaban J connectivity index is 0.000000321. The predicted molar refractivity (Wildman–Crippen MR) is 113 cm³/mol. The van der Waals surface area contributed by atoms with E-state index in [0.717, 1.165) is 37.2 Å². The summed E-state index contributed by atoms with van der Waals surface area (Å²) in [7, 11) is 0. The van der Waals surface area contributed by atoms with Crippen molar-refractivity contribution in [2.45, 2.75) is 39.3 Å². The first-order chi connectivity index (χ1) is 13.9. The van der Waals surface area contributed by atoms with E-state index in [2.05, 4.69) is 51.0 Å². The number of fused-ring (bicyclic) bond motifs is 1. The van der Waals surface area contributed by atoms with Crippen molar-refractivity contribution >= 4 is 34.7 Å². The van der Waals surface area contributed by atoms with E-state index >= 15 is 0 Å². The second-order valence-corrected chi connectivity index (χ2v) is 7.89. The maximum absolute atomic E-state index is 9.55. The summed E-state index contributed by atoms with van der Waals surface area (Å²) >= 11 is 1.32. The van der Waals surface area contributed by atoms with Crippen LogP contribution in [0.5, 0.6) is 0 Å². The van der Waals surface area contributed by atoms with E-state index in [-0.39, 0.29) is 0 Å². The number of hydrogen-bond acceptors (Lipinski definition) is 7. The molecule has 3 rings (SSSR count). The fourth-order valence-electron chi connectivity index (χ4n) is 3.33. The van der Waals surface area contributed by atoms with Gasteiger partial charge in [-0.25, -0.2) is 9.59 Å². The highest BCUT2D eigenvalue weighted by Crippen LogP contribution is 2.22. The van der Waals surface area contributed by atoms with E-state index in [1.807, 2.05) is 0 Å². The number of aromatic nitrogens is 2. The molecule has 8 nitrogen and oxygen atoms in total. The molecular formula is C20H28N4O4S. The van der Waals surface area contributed by atoms with Crippen LogP contribution < -0.4 is 5.32 Å². The molecule has 0 amide bonds. The van der Waals surface area contributed by atoms with Gasteiger partial charge in [-0.2, -0.15) is 8.75 Å². The Hall–Kier alpha value is -2.36. The molecular weight excluding hydrogens is 392 g/mol. The molecule has 0 spiro atoms. The van der Waals surface area contributed by atoms with Crippen molar-refractivity contribution in [3.8, 4) is 0 Å². The molecule has 0 bridgehead atoms. The fourth-order valence-corrected chi connectivity index (χ4v) is 3.90. The Morgan fingerprint density at radius 1 is 1.21 bits per heavy atom. The molecule has 29 heavy (non-hydrogen) atoms. The quantitative estimate of drug-likeness (QED) is 0.586. The van der Waals surface area contributed by atoms with Crippen molar-refractivity contribution in [1.82, 2.24) is 19.0 Å². The van der Waals surface area contributed by atoms with Crippen molar-refractivity contribution in [2.24, 2.45) is 5.92 Å². The van der Waals surface area contributed by atoms with Gasteiger partial charge >= 0.3 is 11.9 Å². The van der Waals surface area contributed by atoms with Gasteiger partial charge in [0.1, 0.15) is 11.0 Å². The Labute approximate surface area is 174 Å². The Bertz CT molecular complexity index is 815. The van der Waals surface area contributed by atoms with Gasteiger partial charge in [0, 0.05) is 31.3 Å². The second-order valence-electron chi connectivity index (χ2n) is 7.36. The van der Waals surface area contributed by atoms with Crippen LogP contribution in [0.25, 0.3) is 11.0 Å². The van der Waals surface area contributed by atoms with Gasteiger partial charge in [0.25, 0.3) is 0 Å². The Morgan fingerprint density at radius 3 is 2.45 bits per heavy atom. The van der Waals surface area contributed by atoms with Gasteiger partial charge in [-0.15, -0.1) is 0 Å². The van der Waals surface area contributed by atoms with Crippen LogP contribution in [0.4, 0.5) is 0 Å². The monoisotopic (exact) mass is 420 g/mol. The average Bonchev–Trinajstić information content (AvgIpc) is 3.16. The second kappa shape index (κ2) is 11.6. The predicted octanol–water partition coefficient (Wildman–Crippen LogP) is 2.61. The first kappa shape index (κ1) is 22.9. The first-order valence-electron chi connectivity index (χ1n) is 9.65. The molecule has 9 heteroatoms. The van der Waals surface area contributed by atoms with Crippen molar-refractivity contribution in [2.75, 3.05) is 19.6 Å². The third-order valence-corrected chi connectivity index (χ3v) is 5.08. The normalized spacial score (nSPS) is 15.0. The van der Waals surface area contributed by atoms with Gasteiger partial charge in [-0.05, 0) is 43.5 Å². The molecule has 1 aromatic heterocycles. The molecule has 2 heterocycles.